The Morgan fingerprint density at radius 3 is 2.67 bits per heavy atom. The minimum Gasteiger partial charge on any atom is -0.481 e. The van der Waals surface area contributed by atoms with Gasteiger partial charge in [0.05, 0.1) is 5.41 Å². The average molecular weight is 318 g/mol. The molecule has 0 aromatic carbocycles. The molecular weight excluding hydrogens is 292 g/mol. The van der Waals surface area contributed by atoms with Gasteiger partial charge in [0.25, 0.3) is 0 Å². The van der Waals surface area contributed by atoms with E-state index in [-0.39, 0.29) is 11.9 Å². The van der Waals surface area contributed by atoms with Crippen molar-refractivity contribution in [2.24, 2.45) is 11.3 Å². The highest BCUT2D eigenvalue weighted by atomic mass is 32.2. The lowest BCUT2D eigenvalue weighted by atomic mass is 9.74. The number of amides is 2. The van der Waals surface area contributed by atoms with E-state index in [2.05, 4.69) is 5.32 Å². The Labute approximate surface area is 128 Å². The third kappa shape index (κ3) is 5.30. The first-order valence-corrected chi connectivity index (χ1v) is 9.04. The van der Waals surface area contributed by atoms with Crippen molar-refractivity contribution in [3.05, 3.63) is 0 Å². The van der Waals surface area contributed by atoms with Crippen molar-refractivity contribution in [3.8, 4) is 0 Å². The highest BCUT2D eigenvalue weighted by Gasteiger charge is 2.39. The van der Waals surface area contributed by atoms with Gasteiger partial charge in [-0.05, 0) is 39.0 Å². The number of likely N-dealkylation sites (tertiary alicyclic amines) is 1. The van der Waals surface area contributed by atoms with Crippen molar-refractivity contribution >= 4 is 22.8 Å². The molecule has 0 aromatic rings. The van der Waals surface area contributed by atoms with E-state index in [4.69, 9.17) is 0 Å². The molecule has 21 heavy (non-hydrogen) atoms. The number of carbonyl (C=O) groups is 2. The largest absolute Gasteiger partial charge is 0.481 e. The number of carboxylic acid groups (broad SMARTS) is 1. The van der Waals surface area contributed by atoms with Gasteiger partial charge in [-0.2, -0.15) is 0 Å². The van der Waals surface area contributed by atoms with Crippen LogP contribution in [0.1, 0.15) is 33.1 Å². The molecule has 0 bridgehead atoms. The molecule has 0 saturated carbocycles. The van der Waals surface area contributed by atoms with Crippen LogP contribution in [0.5, 0.6) is 0 Å². The fraction of sp³-hybridized carbons (Fsp3) is 0.857. The molecule has 1 heterocycles. The molecule has 1 saturated heterocycles. The maximum absolute atomic E-state index is 12.1. The molecule has 122 valence electrons. The highest BCUT2D eigenvalue weighted by Crippen LogP contribution is 2.34. The first-order chi connectivity index (χ1) is 9.75. The first-order valence-electron chi connectivity index (χ1n) is 7.31. The number of piperidine rings is 1. The Hall–Kier alpha value is -1.11. The Morgan fingerprint density at radius 1 is 1.43 bits per heavy atom. The van der Waals surface area contributed by atoms with Crippen LogP contribution in [0.25, 0.3) is 0 Å². The smallest absolute Gasteiger partial charge is 0.317 e. The summed E-state index contributed by atoms with van der Waals surface area (Å²) in [6, 6.07) is -0.150. The molecule has 7 heteroatoms. The molecule has 1 rings (SSSR count). The number of hydrogen-bond acceptors (Lipinski definition) is 3. The van der Waals surface area contributed by atoms with E-state index in [1.54, 1.807) is 25.0 Å². The number of nitrogens with one attached hydrogen (secondary N) is 1. The summed E-state index contributed by atoms with van der Waals surface area (Å²) in [5.74, 6) is -0.271. The second kappa shape index (κ2) is 7.77. The number of carboxylic acids is 1. The average Bonchev–Trinajstić information content (AvgIpc) is 2.43. The molecular formula is C14H26N2O4S. The summed E-state index contributed by atoms with van der Waals surface area (Å²) in [4.78, 5) is 25.1. The molecule has 0 spiro atoms. The minimum atomic E-state index is -0.838. The van der Waals surface area contributed by atoms with Crippen molar-refractivity contribution in [3.63, 3.8) is 0 Å². The lowest BCUT2D eigenvalue weighted by molar-refractivity contribution is -0.151. The molecule has 0 radical (unpaired) electrons. The van der Waals surface area contributed by atoms with Gasteiger partial charge >= 0.3 is 12.0 Å². The lowest BCUT2D eigenvalue weighted by Crippen LogP contribution is -2.50. The zero-order valence-electron chi connectivity index (χ0n) is 13.1. The quantitative estimate of drug-likeness (QED) is 0.723. The normalized spacial score (nSPS) is 20.9. The molecule has 2 N–H and O–H groups in total. The fourth-order valence-corrected chi connectivity index (χ4v) is 3.06. The van der Waals surface area contributed by atoms with Crippen LogP contribution in [-0.2, 0) is 15.6 Å². The number of urea groups is 1. The Bertz CT molecular complexity index is 412. The number of rotatable bonds is 6. The van der Waals surface area contributed by atoms with Gasteiger partial charge in [0.15, 0.2) is 0 Å². The van der Waals surface area contributed by atoms with E-state index in [1.807, 2.05) is 0 Å². The minimum absolute atomic E-state index is 0.0300. The number of nitrogens with zero attached hydrogens (tertiary/aromatic N) is 1. The topological polar surface area (TPSA) is 86.7 Å². The van der Waals surface area contributed by atoms with Crippen LogP contribution in [0.15, 0.2) is 0 Å². The van der Waals surface area contributed by atoms with Crippen LogP contribution in [0.2, 0.25) is 0 Å². The van der Waals surface area contributed by atoms with Crippen LogP contribution < -0.4 is 5.32 Å². The predicted molar refractivity (Wildman–Crippen MR) is 82.7 cm³/mol. The summed E-state index contributed by atoms with van der Waals surface area (Å²) in [5, 5.41) is 12.1. The SMILES string of the molecule is CS(=O)CCCNC(=O)N1CCCC(C(C)(C)C(=O)O)C1. The standard InChI is InChI=1S/C14H26N2O4S/c1-14(2,12(17)18)11-6-4-8-16(10-11)13(19)15-7-5-9-21(3)20/h11H,4-10H2,1-3H3,(H,15,19)(H,17,18). The van der Waals surface area contributed by atoms with Crippen LogP contribution in [0.4, 0.5) is 4.79 Å². The van der Waals surface area contributed by atoms with Crippen molar-refractivity contribution in [1.29, 1.82) is 0 Å². The first kappa shape index (κ1) is 17.9. The van der Waals surface area contributed by atoms with E-state index in [9.17, 15) is 18.9 Å². The van der Waals surface area contributed by atoms with Crippen LogP contribution in [0, 0.1) is 11.3 Å². The van der Waals surface area contributed by atoms with Gasteiger partial charge in [0, 0.05) is 42.4 Å². The van der Waals surface area contributed by atoms with Crippen LogP contribution in [-0.4, -0.2) is 57.9 Å². The zero-order valence-corrected chi connectivity index (χ0v) is 13.9. The summed E-state index contributed by atoms with van der Waals surface area (Å²) in [5.41, 5.74) is -0.821. The Kier molecular flexibility index (Phi) is 6.64. The van der Waals surface area contributed by atoms with Crippen molar-refractivity contribution < 1.29 is 18.9 Å². The molecule has 1 aliphatic heterocycles. The second-order valence-corrected chi connectivity index (χ2v) is 7.73. The molecule has 2 amide bonds. The maximum Gasteiger partial charge on any atom is 0.317 e. The Balaban J connectivity index is 2.46. The summed E-state index contributed by atoms with van der Waals surface area (Å²) in [6.07, 6.45) is 3.99. The van der Waals surface area contributed by atoms with Crippen molar-refractivity contribution in [2.75, 3.05) is 31.6 Å². The van der Waals surface area contributed by atoms with Gasteiger partial charge in [0.1, 0.15) is 0 Å². The van der Waals surface area contributed by atoms with Crippen LogP contribution >= 0.6 is 0 Å². The molecule has 2 atom stereocenters. The van der Waals surface area contributed by atoms with E-state index in [0.29, 0.717) is 31.8 Å². The lowest BCUT2D eigenvalue weighted by Gasteiger charge is -2.39. The van der Waals surface area contributed by atoms with Crippen LogP contribution in [0.3, 0.4) is 0 Å². The molecule has 0 aromatic heterocycles. The van der Waals surface area contributed by atoms with E-state index < -0.39 is 22.2 Å². The molecule has 0 aliphatic carbocycles. The van der Waals surface area contributed by atoms with Gasteiger partial charge in [0.2, 0.25) is 0 Å². The van der Waals surface area contributed by atoms with Crippen molar-refractivity contribution in [1.82, 2.24) is 10.2 Å². The molecule has 1 aliphatic rings. The molecule has 6 nitrogen and oxygen atoms in total. The third-order valence-electron chi connectivity index (χ3n) is 4.17. The van der Waals surface area contributed by atoms with E-state index >= 15 is 0 Å². The molecule has 1 fully saturated rings. The maximum atomic E-state index is 12.1. The number of hydrogen-bond donors (Lipinski definition) is 2. The van der Waals surface area contributed by atoms with Gasteiger partial charge in [-0.1, -0.05) is 0 Å². The van der Waals surface area contributed by atoms with Crippen molar-refractivity contribution in [2.45, 2.75) is 33.1 Å². The van der Waals surface area contributed by atoms with E-state index in [1.165, 1.54) is 0 Å². The second-order valence-electron chi connectivity index (χ2n) is 6.17. The molecule has 2 unspecified atom stereocenters. The van der Waals surface area contributed by atoms with Gasteiger partial charge in [-0.15, -0.1) is 0 Å². The highest BCUT2D eigenvalue weighted by molar-refractivity contribution is 7.84. The van der Waals surface area contributed by atoms with Gasteiger partial charge in [-0.25, -0.2) is 4.79 Å². The third-order valence-corrected chi connectivity index (χ3v) is 5.03. The Morgan fingerprint density at radius 2 is 2.10 bits per heavy atom. The zero-order chi connectivity index (χ0) is 16.0. The summed E-state index contributed by atoms with van der Waals surface area (Å²) >= 11 is 0. The summed E-state index contributed by atoms with van der Waals surface area (Å²) < 4.78 is 10.9. The number of carbonyl (C=O) groups excluding carboxylic acids is 1. The fourth-order valence-electron chi connectivity index (χ4n) is 2.51. The summed E-state index contributed by atoms with van der Waals surface area (Å²) in [7, 11) is -0.838. The predicted octanol–water partition coefficient (Wildman–Crippen LogP) is 1.29. The number of aliphatic carboxylic acids is 1. The van der Waals surface area contributed by atoms with Gasteiger partial charge < -0.3 is 15.3 Å². The summed E-state index contributed by atoms with van der Waals surface area (Å²) in [6.45, 7) is 5.08. The van der Waals surface area contributed by atoms with Gasteiger partial charge in [-0.3, -0.25) is 9.00 Å². The monoisotopic (exact) mass is 318 g/mol. The van der Waals surface area contributed by atoms with E-state index in [0.717, 1.165) is 12.8 Å².